The number of rotatable bonds is 7. The number of fused-ring (bicyclic) bond motifs is 1. The molecule has 0 radical (unpaired) electrons. The molecular formula is C28H32N2O6S. The summed E-state index contributed by atoms with van der Waals surface area (Å²) in [6, 6.07) is 19.6. The van der Waals surface area contributed by atoms with E-state index in [1.165, 1.54) is 4.31 Å². The van der Waals surface area contributed by atoms with Gasteiger partial charge < -0.3 is 19.9 Å². The number of hydrogen-bond acceptors (Lipinski definition) is 6. The Morgan fingerprint density at radius 2 is 1.81 bits per heavy atom. The van der Waals surface area contributed by atoms with Gasteiger partial charge in [0.15, 0.2) is 11.5 Å². The van der Waals surface area contributed by atoms with Gasteiger partial charge in [-0.1, -0.05) is 30.3 Å². The quantitative estimate of drug-likeness (QED) is 0.475. The Bertz CT molecular complexity index is 1460. The number of nitrogens with one attached hydrogen (secondary N) is 1. The molecule has 1 saturated carbocycles. The van der Waals surface area contributed by atoms with Gasteiger partial charge in [0.2, 0.25) is 22.7 Å². The lowest BCUT2D eigenvalue weighted by atomic mass is 9.94. The molecule has 6 rings (SSSR count). The standard InChI is InChI=1S/C28H28N2O6S.2H2/c31-17-23-5-2-14-30(23)37(33,34)24-9-6-19(7-10-24)20-3-1-4-22(15-20)29-27(32)28(12-13-28)21-8-11-25-26(16-21)36-18-35-25;;/h1,3-4,6-11,15-16,23,31H,2,5,12-14,17-18H2,(H,29,32);2*1H/t23-;;/m1../s1. The highest BCUT2D eigenvalue weighted by atomic mass is 32.2. The van der Waals surface area contributed by atoms with Crippen molar-refractivity contribution in [2.45, 2.75) is 42.0 Å². The molecule has 2 N–H and O–H groups in total. The maximum absolute atomic E-state index is 13.3. The van der Waals surface area contributed by atoms with E-state index in [0.29, 0.717) is 30.2 Å². The molecule has 1 saturated heterocycles. The van der Waals surface area contributed by atoms with Gasteiger partial charge in [0.05, 0.1) is 16.9 Å². The molecule has 8 nitrogen and oxygen atoms in total. The van der Waals surface area contributed by atoms with Crippen LogP contribution in [0.2, 0.25) is 0 Å². The molecule has 3 aromatic carbocycles. The zero-order valence-electron chi connectivity index (χ0n) is 20.2. The van der Waals surface area contributed by atoms with E-state index < -0.39 is 15.4 Å². The minimum atomic E-state index is -3.66. The zero-order chi connectivity index (χ0) is 25.6. The van der Waals surface area contributed by atoms with Crippen LogP contribution in [0.15, 0.2) is 71.6 Å². The molecule has 0 unspecified atom stereocenters. The van der Waals surface area contributed by atoms with E-state index in [1.807, 2.05) is 42.5 Å². The van der Waals surface area contributed by atoms with Gasteiger partial charge in [0, 0.05) is 21.1 Å². The van der Waals surface area contributed by atoms with Gasteiger partial charge >= 0.3 is 0 Å². The summed E-state index contributed by atoms with van der Waals surface area (Å²) in [6.45, 7) is 0.440. The second-order valence-electron chi connectivity index (χ2n) is 9.80. The highest BCUT2D eigenvalue weighted by Gasteiger charge is 2.51. The predicted molar refractivity (Wildman–Crippen MR) is 142 cm³/mol. The summed E-state index contributed by atoms with van der Waals surface area (Å²) in [4.78, 5) is 13.5. The van der Waals surface area contributed by atoms with Crippen molar-refractivity contribution in [1.29, 1.82) is 0 Å². The van der Waals surface area contributed by atoms with E-state index in [2.05, 4.69) is 5.32 Å². The summed E-state index contributed by atoms with van der Waals surface area (Å²) >= 11 is 0. The van der Waals surface area contributed by atoms with Crippen LogP contribution < -0.4 is 14.8 Å². The van der Waals surface area contributed by atoms with Crippen molar-refractivity contribution >= 4 is 21.6 Å². The fraction of sp³-hybridized carbons (Fsp3) is 0.321. The summed E-state index contributed by atoms with van der Waals surface area (Å²) in [7, 11) is -3.66. The van der Waals surface area contributed by atoms with Crippen LogP contribution in [0.1, 0.15) is 34.1 Å². The topological polar surface area (TPSA) is 105 Å². The van der Waals surface area contributed by atoms with Crippen molar-refractivity contribution < 1.29 is 30.6 Å². The summed E-state index contributed by atoms with van der Waals surface area (Å²) < 4.78 is 38.4. The monoisotopic (exact) mass is 524 g/mol. The average Bonchev–Trinajstić information content (AvgIpc) is 3.35. The molecule has 1 amide bonds. The highest BCUT2D eigenvalue weighted by Crippen LogP contribution is 2.51. The Hall–Kier alpha value is -3.40. The number of nitrogens with zero attached hydrogens (tertiary/aromatic N) is 1. The van der Waals surface area contributed by atoms with E-state index in [1.54, 1.807) is 24.3 Å². The molecule has 37 heavy (non-hydrogen) atoms. The first-order valence-electron chi connectivity index (χ1n) is 12.5. The molecule has 196 valence electrons. The van der Waals surface area contributed by atoms with Gasteiger partial charge in [-0.25, -0.2) is 8.42 Å². The second-order valence-corrected chi connectivity index (χ2v) is 11.7. The Labute approximate surface area is 218 Å². The van der Waals surface area contributed by atoms with Crippen molar-refractivity contribution in [3.63, 3.8) is 0 Å². The Kier molecular flexibility index (Phi) is 5.94. The van der Waals surface area contributed by atoms with Crippen LogP contribution in [0.25, 0.3) is 11.1 Å². The summed E-state index contributed by atoms with van der Waals surface area (Å²) in [5, 5.41) is 12.6. The maximum Gasteiger partial charge on any atom is 0.243 e. The second kappa shape index (κ2) is 9.16. The minimum absolute atomic E-state index is 0. The van der Waals surface area contributed by atoms with E-state index in [4.69, 9.17) is 9.47 Å². The third-order valence-corrected chi connectivity index (χ3v) is 9.52. The number of hydrogen-bond donors (Lipinski definition) is 2. The number of carbonyl (C=O) groups excluding carboxylic acids is 1. The molecule has 3 aliphatic rings. The number of amides is 1. The van der Waals surface area contributed by atoms with Crippen LogP contribution >= 0.6 is 0 Å². The van der Waals surface area contributed by atoms with Crippen molar-refractivity contribution in [3.8, 4) is 22.6 Å². The average molecular weight is 525 g/mol. The molecule has 1 aliphatic carbocycles. The lowest BCUT2D eigenvalue weighted by Gasteiger charge is -2.22. The molecule has 9 heteroatoms. The van der Waals surface area contributed by atoms with Gasteiger partial charge in [0.25, 0.3) is 0 Å². The van der Waals surface area contributed by atoms with Crippen LogP contribution in [0.4, 0.5) is 5.69 Å². The van der Waals surface area contributed by atoms with Gasteiger partial charge in [0.1, 0.15) is 0 Å². The summed E-state index contributed by atoms with van der Waals surface area (Å²) in [5.41, 5.74) is 2.73. The lowest BCUT2D eigenvalue weighted by molar-refractivity contribution is -0.118. The SMILES string of the molecule is O=C(Nc1cccc(-c2ccc(S(=O)(=O)N3CCC[C@@H]3CO)cc2)c1)C1(c2ccc3c(c2)OCO3)CC1.[HH].[HH]. The Balaban J connectivity index is 0.00000176. The Morgan fingerprint density at radius 1 is 1.03 bits per heavy atom. The molecule has 2 heterocycles. The fourth-order valence-electron chi connectivity index (χ4n) is 5.26. The van der Waals surface area contributed by atoms with Crippen molar-refractivity contribution in [2.75, 3.05) is 25.3 Å². The van der Waals surface area contributed by atoms with Gasteiger partial charge in [-0.2, -0.15) is 4.31 Å². The van der Waals surface area contributed by atoms with Crippen molar-refractivity contribution in [2.24, 2.45) is 0 Å². The van der Waals surface area contributed by atoms with Gasteiger partial charge in [-0.3, -0.25) is 4.79 Å². The van der Waals surface area contributed by atoms with Crippen LogP contribution in [-0.2, 0) is 20.2 Å². The molecule has 0 bridgehead atoms. The third kappa shape index (κ3) is 4.27. The minimum Gasteiger partial charge on any atom is -0.454 e. The first-order chi connectivity index (χ1) is 17.9. The van der Waals surface area contributed by atoms with E-state index in [0.717, 1.165) is 36.0 Å². The molecule has 2 aliphatic heterocycles. The van der Waals surface area contributed by atoms with Crippen molar-refractivity contribution in [1.82, 2.24) is 4.31 Å². The fourth-order valence-corrected chi connectivity index (χ4v) is 6.94. The molecule has 3 aromatic rings. The van der Waals surface area contributed by atoms with Crippen LogP contribution in [0.5, 0.6) is 11.5 Å². The van der Waals surface area contributed by atoms with Gasteiger partial charge in [-0.15, -0.1) is 0 Å². The molecule has 2 fully saturated rings. The summed E-state index contributed by atoms with van der Waals surface area (Å²) in [5.74, 6) is 1.30. The van der Waals surface area contributed by atoms with E-state index in [-0.39, 0.29) is 33.1 Å². The van der Waals surface area contributed by atoms with Crippen molar-refractivity contribution in [3.05, 3.63) is 72.3 Å². The van der Waals surface area contributed by atoms with Crippen LogP contribution in [-0.4, -0.2) is 49.7 Å². The number of benzene rings is 3. The molecule has 0 aromatic heterocycles. The summed E-state index contributed by atoms with van der Waals surface area (Å²) in [6.07, 6.45) is 2.95. The number of ether oxygens (including phenoxy) is 2. The highest BCUT2D eigenvalue weighted by molar-refractivity contribution is 7.89. The molecular weight excluding hydrogens is 492 g/mol. The maximum atomic E-state index is 13.3. The largest absolute Gasteiger partial charge is 0.454 e. The lowest BCUT2D eigenvalue weighted by Crippen LogP contribution is -2.37. The van der Waals surface area contributed by atoms with Crippen LogP contribution in [0.3, 0.4) is 0 Å². The number of aliphatic hydroxyl groups excluding tert-OH is 1. The van der Waals surface area contributed by atoms with E-state index >= 15 is 0 Å². The first-order valence-corrected chi connectivity index (χ1v) is 13.9. The number of carbonyl (C=O) groups is 1. The number of anilines is 1. The predicted octanol–water partition coefficient (Wildman–Crippen LogP) is 4.39. The number of sulfonamides is 1. The van der Waals surface area contributed by atoms with Gasteiger partial charge in [-0.05, 0) is 78.8 Å². The smallest absolute Gasteiger partial charge is 0.243 e. The molecule has 1 atom stereocenters. The van der Waals surface area contributed by atoms with E-state index in [9.17, 15) is 18.3 Å². The third-order valence-electron chi connectivity index (χ3n) is 7.56. The molecule has 0 spiro atoms. The normalized spacial score (nSPS) is 20.1. The number of aliphatic hydroxyl groups is 1. The zero-order valence-corrected chi connectivity index (χ0v) is 21.0. The first kappa shape index (κ1) is 24.0. The Morgan fingerprint density at radius 3 is 2.57 bits per heavy atom. The van der Waals surface area contributed by atoms with Crippen LogP contribution in [0, 0.1) is 0 Å².